The van der Waals surface area contributed by atoms with Crippen molar-refractivity contribution in [3.8, 4) is 11.5 Å². The van der Waals surface area contributed by atoms with Crippen LogP contribution in [0.25, 0.3) is 6.08 Å². The van der Waals surface area contributed by atoms with E-state index in [1.54, 1.807) is 42.5 Å². The standard InChI is InChI=1S/C37H32N2O5/c1-3-21-44-25-13-10-12-24(22-25)33(40)31-32(34(41)27-15-6-9-18-30(27)43-2)39-20-19-23-11-4-5-14-26(23)35(39)37(31)28-16-7-8-17-29(28)38-36(37)42/h4-20,22,31-32,35H,3,21H2,1-2H3,(H,38,42)/t31-,32+,35+,37+/m0/s1. The van der Waals surface area contributed by atoms with Crippen molar-refractivity contribution in [3.05, 3.63) is 131 Å². The van der Waals surface area contributed by atoms with Gasteiger partial charge in [-0.2, -0.15) is 0 Å². The summed E-state index contributed by atoms with van der Waals surface area (Å²) in [5.41, 5.74) is 2.51. The number of para-hydroxylation sites is 2. The molecule has 7 nitrogen and oxygen atoms in total. The number of carbonyl (C=O) groups is 3. The zero-order valence-corrected chi connectivity index (χ0v) is 24.5. The molecule has 0 unspecified atom stereocenters. The van der Waals surface area contributed by atoms with E-state index in [-0.39, 0.29) is 17.5 Å². The van der Waals surface area contributed by atoms with Gasteiger partial charge < -0.3 is 19.7 Å². The molecular formula is C37H32N2O5. The number of nitrogens with one attached hydrogen (secondary N) is 1. The fourth-order valence-corrected chi connectivity index (χ4v) is 7.31. The van der Waals surface area contributed by atoms with Gasteiger partial charge in [-0.3, -0.25) is 14.4 Å². The molecule has 0 radical (unpaired) electrons. The van der Waals surface area contributed by atoms with E-state index in [2.05, 4.69) is 5.32 Å². The zero-order valence-electron chi connectivity index (χ0n) is 24.5. The van der Waals surface area contributed by atoms with E-state index in [4.69, 9.17) is 9.47 Å². The third-order valence-electron chi connectivity index (χ3n) is 9.09. The Balaban J connectivity index is 1.51. The van der Waals surface area contributed by atoms with Crippen LogP contribution in [0, 0.1) is 5.92 Å². The van der Waals surface area contributed by atoms with Crippen LogP contribution in [-0.2, 0) is 10.2 Å². The number of fused-ring (bicyclic) bond motifs is 6. The highest BCUT2D eigenvalue weighted by molar-refractivity contribution is 6.17. The Morgan fingerprint density at radius 1 is 0.909 bits per heavy atom. The van der Waals surface area contributed by atoms with Crippen LogP contribution in [0.5, 0.6) is 11.5 Å². The van der Waals surface area contributed by atoms with Crippen LogP contribution < -0.4 is 14.8 Å². The molecule has 3 aliphatic rings. The average Bonchev–Trinajstić information content (AvgIpc) is 3.55. The van der Waals surface area contributed by atoms with Gasteiger partial charge in [-0.05, 0) is 59.5 Å². The predicted molar refractivity (Wildman–Crippen MR) is 168 cm³/mol. The number of Topliss-reactive ketones (excluding diaryl/α,β-unsaturated/α-hetero) is 2. The first kappa shape index (κ1) is 27.7. The van der Waals surface area contributed by atoms with E-state index in [0.717, 1.165) is 17.5 Å². The van der Waals surface area contributed by atoms with Crippen LogP contribution in [0.15, 0.2) is 103 Å². The number of amides is 1. The lowest BCUT2D eigenvalue weighted by Crippen LogP contribution is -2.49. The Kier molecular flexibility index (Phi) is 6.81. The summed E-state index contributed by atoms with van der Waals surface area (Å²) in [6.45, 7) is 2.52. The molecule has 0 aliphatic carbocycles. The van der Waals surface area contributed by atoms with Crippen molar-refractivity contribution < 1.29 is 23.9 Å². The summed E-state index contributed by atoms with van der Waals surface area (Å²) in [4.78, 5) is 46.5. The maximum absolute atomic E-state index is 15.1. The number of nitrogens with zero attached hydrogens (tertiary/aromatic N) is 1. The average molecular weight is 585 g/mol. The lowest BCUT2D eigenvalue weighted by Gasteiger charge is -2.38. The van der Waals surface area contributed by atoms with Gasteiger partial charge in [-0.15, -0.1) is 0 Å². The van der Waals surface area contributed by atoms with Gasteiger partial charge in [0.25, 0.3) is 0 Å². The van der Waals surface area contributed by atoms with Crippen molar-refractivity contribution in [1.29, 1.82) is 0 Å². The number of ether oxygens (including phenoxy) is 2. The summed E-state index contributed by atoms with van der Waals surface area (Å²) < 4.78 is 11.5. The van der Waals surface area contributed by atoms with Crippen molar-refractivity contribution in [2.75, 3.05) is 19.0 Å². The second-order valence-corrected chi connectivity index (χ2v) is 11.4. The molecule has 44 heavy (non-hydrogen) atoms. The van der Waals surface area contributed by atoms with E-state index in [9.17, 15) is 9.59 Å². The van der Waals surface area contributed by atoms with Crippen molar-refractivity contribution in [2.24, 2.45) is 5.92 Å². The molecule has 1 saturated heterocycles. The molecule has 7 rings (SSSR count). The monoisotopic (exact) mass is 584 g/mol. The van der Waals surface area contributed by atoms with Crippen molar-refractivity contribution in [2.45, 2.75) is 30.8 Å². The largest absolute Gasteiger partial charge is 0.496 e. The maximum Gasteiger partial charge on any atom is 0.238 e. The van der Waals surface area contributed by atoms with Crippen LogP contribution >= 0.6 is 0 Å². The number of carbonyl (C=O) groups excluding carboxylic acids is 3. The van der Waals surface area contributed by atoms with Gasteiger partial charge in [-0.1, -0.05) is 73.7 Å². The summed E-state index contributed by atoms with van der Waals surface area (Å²) in [5.74, 6) is -0.989. The minimum absolute atomic E-state index is 0.290. The molecule has 4 aromatic rings. The normalized spacial score (nSPS) is 22.6. The Morgan fingerprint density at radius 3 is 2.52 bits per heavy atom. The van der Waals surface area contributed by atoms with Crippen molar-refractivity contribution in [3.63, 3.8) is 0 Å². The molecule has 3 aliphatic heterocycles. The minimum atomic E-state index is -1.41. The van der Waals surface area contributed by atoms with Crippen LogP contribution in [0.4, 0.5) is 5.69 Å². The van der Waals surface area contributed by atoms with E-state index < -0.39 is 23.4 Å². The van der Waals surface area contributed by atoms with Gasteiger partial charge in [0, 0.05) is 17.5 Å². The predicted octanol–water partition coefficient (Wildman–Crippen LogP) is 6.47. The number of benzene rings is 4. The third-order valence-corrected chi connectivity index (χ3v) is 9.09. The number of anilines is 1. The van der Waals surface area contributed by atoms with Gasteiger partial charge in [0.2, 0.25) is 5.91 Å². The van der Waals surface area contributed by atoms with E-state index >= 15 is 4.79 Å². The molecule has 0 bridgehead atoms. The van der Waals surface area contributed by atoms with Crippen molar-refractivity contribution in [1.82, 2.24) is 4.90 Å². The summed E-state index contributed by atoms with van der Waals surface area (Å²) in [7, 11) is 1.52. The molecule has 1 N–H and O–H groups in total. The third kappa shape index (κ3) is 3.99. The Labute approximate surface area is 256 Å². The van der Waals surface area contributed by atoms with Gasteiger partial charge in [-0.25, -0.2) is 0 Å². The first-order valence-corrected chi connectivity index (χ1v) is 14.9. The molecule has 7 heteroatoms. The van der Waals surface area contributed by atoms with Crippen LogP contribution in [0.2, 0.25) is 0 Å². The number of hydrogen-bond acceptors (Lipinski definition) is 6. The molecule has 0 saturated carbocycles. The molecule has 1 amide bonds. The molecule has 1 spiro atoms. The molecule has 4 atom stereocenters. The number of rotatable bonds is 8. The van der Waals surface area contributed by atoms with Gasteiger partial charge in [0.15, 0.2) is 11.6 Å². The smallest absolute Gasteiger partial charge is 0.238 e. The summed E-state index contributed by atoms with van der Waals surface area (Å²) >= 11 is 0. The SMILES string of the molecule is CCCOc1cccc(C(=O)[C@@H]2[C@H](C(=O)c3ccccc3OC)N3C=Cc4ccccc4[C@@H]3[C@]23C(=O)Nc2ccccc23)c1. The zero-order chi connectivity index (χ0) is 30.4. The highest BCUT2D eigenvalue weighted by atomic mass is 16.5. The van der Waals surface area contributed by atoms with Crippen LogP contribution in [-0.4, -0.2) is 42.1 Å². The van der Waals surface area contributed by atoms with Crippen LogP contribution in [0.3, 0.4) is 0 Å². The number of ketones is 2. The highest BCUT2D eigenvalue weighted by Crippen LogP contribution is 2.62. The van der Waals surface area contributed by atoms with Crippen LogP contribution in [0.1, 0.15) is 56.8 Å². The number of hydrogen-bond donors (Lipinski definition) is 1. The maximum atomic E-state index is 15.1. The minimum Gasteiger partial charge on any atom is -0.496 e. The van der Waals surface area contributed by atoms with E-state index in [1.807, 2.05) is 78.7 Å². The fraction of sp³-hybridized carbons (Fsp3) is 0.216. The summed E-state index contributed by atoms with van der Waals surface area (Å²) in [5, 5.41) is 3.09. The lowest BCUT2D eigenvalue weighted by atomic mass is 9.62. The number of methoxy groups -OCH3 is 1. The Hall–Kier alpha value is -5.17. The first-order chi connectivity index (χ1) is 21.5. The fourth-order valence-electron chi connectivity index (χ4n) is 7.31. The molecule has 1 fully saturated rings. The molecule has 3 heterocycles. The van der Waals surface area contributed by atoms with E-state index in [1.165, 1.54) is 7.11 Å². The molecule has 4 aromatic carbocycles. The Bertz CT molecular complexity index is 1830. The second-order valence-electron chi connectivity index (χ2n) is 11.4. The van der Waals surface area contributed by atoms with E-state index in [0.29, 0.717) is 40.5 Å². The summed E-state index contributed by atoms with van der Waals surface area (Å²) in [6.07, 6.45) is 4.64. The van der Waals surface area contributed by atoms with Gasteiger partial charge >= 0.3 is 0 Å². The lowest BCUT2D eigenvalue weighted by molar-refractivity contribution is -0.122. The Morgan fingerprint density at radius 2 is 1.68 bits per heavy atom. The summed E-state index contributed by atoms with van der Waals surface area (Å²) in [6, 6.07) is 27.8. The molecule has 0 aromatic heterocycles. The molecular weight excluding hydrogens is 552 g/mol. The van der Waals surface area contributed by atoms with Gasteiger partial charge in [0.1, 0.15) is 23.0 Å². The molecule has 220 valence electrons. The van der Waals surface area contributed by atoms with Crippen molar-refractivity contribution >= 4 is 29.2 Å². The van der Waals surface area contributed by atoms with Gasteiger partial charge in [0.05, 0.1) is 31.2 Å². The topological polar surface area (TPSA) is 84.9 Å². The first-order valence-electron chi connectivity index (χ1n) is 14.9. The highest BCUT2D eigenvalue weighted by Gasteiger charge is 2.70. The second kappa shape index (κ2) is 10.8. The quantitative estimate of drug-likeness (QED) is 0.239.